The van der Waals surface area contributed by atoms with Gasteiger partial charge in [0.1, 0.15) is 17.0 Å². The van der Waals surface area contributed by atoms with Gasteiger partial charge in [0.05, 0.1) is 33.3 Å². The Morgan fingerprint density at radius 3 is 2.62 bits per heavy atom. The summed E-state index contributed by atoms with van der Waals surface area (Å²) in [5.74, 6) is -0.0228. The first-order valence-corrected chi connectivity index (χ1v) is 8.83. The van der Waals surface area contributed by atoms with Crippen LogP contribution in [-0.2, 0) is 4.74 Å². The summed E-state index contributed by atoms with van der Waals surface area (Å²) in [5.41, 5.74) is 0.838. The SMILES string of the molecule is CCOC(=O)c1csc2ncnc(Nc3c(Cl)cc(Cl)cc3Cl)c12. The first-order chi connectivity index (χ1) is 11.5. The van der Waals surface area contributed by atoms with Crippen LogP contribution >= 0.6 is 46.1 Å². The van der Waals surface area contributed by atoms with E-state index in [4.69, 9.17) is 39.5 Å². The molecule has 0 atom stereocenters. The molecule has 1 aromatic carbocycles. The Kier molecular flexibility index (Phi) is 5.10. The monoisotopic (exact) mass is 401 g/mol. The van der Waals surface area contributed by atoms with Crippen molar-refractivity contribution in [1.29, 1.82) is 0 Å². The van der Waals surface area contributed by atoms with E-state index < -0.39 is 5.97 Å². The maximum Gasteiger partial charge on any atom is 0.339 e. The van der Waals surface area contributed by atoms with E-state index in [0.717, 1.165) is 0 Å². The van der Waals surface area contributed by atoms with Crippen LogP contribution in [0.2, 0.25) is 15.1 Å². The first-order valence-electron chi connectivity index (χ1n) is 6.82. The maximum atomic E-state index is 12.1. The summed E-state index contributed by atoms with van der Waals surface area (Å²) in [6.45, 7) is 2.02. The maximum absolute atomic E-state index is 12.1. The van der Waals surface area contributed by atoms with E-state index >= 15 is 0 Å². The summed E-state index contributed by atoms with van der Waals surface area (Å²) in [6.07, 6.45) is 1.40. The van der Waals surface area contributed by atoms with Crippen LogP contribution < -0.4 is 5.32 Å². The number of hydrogen-bond donors (Lipinski definition) is 1. The van der Waals surface area contributed by atoms with Crippen molar-refractivity contribution < 1.29 is 9.53 Å². The highest BCUT2D eigenvalue weighted by Gasteiger charge is 2.19. The molecule has 1 N–H and O–H groups in total. The lowest BCUT2D eigenvalue weighted by atomic mass is 10.2. The predicted molar refractivity (Wildman–Crippen MR) is 98.1 cm³/mol. The zero-order valence-corrected chi connectivity index (χ0v) is 15.4. The minimum Gasteiger partial charge on any atom is -0.462 e. The number of anilines is 2. The molecule has 9 heteroatoms. The second-order valence-corrected chi connectivity index (χ2v) is 6.75. The molecule has 2 heterocycles. The molecule has 3 rings (SSSR count). The Hall–Kier alpha value is -1.60. The Morgan fingerprint density at radius 1 is 1.25 bits per heavy atom. The van der Waals surface area contributed by atoms with Crippen molar-refractivity contribution in [2.24, 2.45) is 0 Å². The number of esters is 1. The fourth-order valence-corrected chi connectivity index (χ4v) is 3.90. The smallest absolute Gasteiger partial charge is 0.339 e. The fraction of sp³-hybridized carbons (Fsp3) is 0.133. The fourth-order valence-electron chi connectivity index (χ4n) is 2.11. The molecule has 0 saturated heterocycles. The van der Waals surface area contributed by atoms with E-state index in [2.05, 4.69) is 15.3 Å². The zero-order valence-electron chi connectivity index (χ0n) is 12.3. The number of nitrogens with zero attached hydrogens (tertiary/aromatic N) is 2. The summed E-state index contributed by atoms with van der Waals surface area (Å²) < 4.78 is 5.08. The predicted octanol–water partition coefficient (Wildman–Crippen LogP) is 5.57. The van der Waals surface area contributed by atoms with Gasteiger partial charge in [0, 0.05) is 10.4 Å². The highest BCUT2D eigenvalue weighted by Crippen LogP contribution is 2.38. The molecule has 0 aliphatic carbocycles. The molecule has 0 amide bonds. The number of ether oxygens (including phenoxy) is 1. The first kappa shape index (κ1) is 17.2. The third-order valence-electron chi connectivity index (χ3n) is 3.12. The quantitative estimate of drug-likeness (QED) is 0.578. The van der Waals surface area contributed by atoms with Crippen LogP contribution in [0.3, 0.4) is 0 Å². The zero-order chi connectivity index (χ0) is 17.3. The Balaban J connectivity index is 2.10. The van der Waals surface area contributed by atoms with Gasteiger partial charge < -0.3 is 10.1 Å². The molecule has 0 fully saturated rings. The number of thiophene rings is 1. The van der Waals surface area contributed by atoms with Crippen LogP contribution in [0.5, 0.6) is 0 Å². The van der Waals surface area contributed by atoms with Gasteiger partial charge >= 0.3 is 5.97 Å². The molecule has 0 aliphatic rings. The normalized spacial score (nSPS) is 10.8. The lowest BCUT2D eigenvalue weighted by molar-refractivity contribution is 0.0529. The van der Waals surface area contributed by atoms with Crippen LogP contribution in [0.4, 0.5) is 11.5 Å². The van der Waals surface area contributed by atoms with Crippen LogP contribution in [0, 0.1) is 0 Å². The molecule has 124 valence electrons. The summed E-state index contributed by atoms with van der Waals surface area (Å²) >= 11 is 19.6. The second-order valence-electron chi connectivity index (χ2n) is 4.64. The minimum atomic E-state index is -0.435. The number of carbonyl (C=O) groups excluding carboxylic acids is 1. The van der Waals surface area contributed by atoms with E-state index in [1.165, 1.54) is 17.7 Å². The summed E-state index contributed by atoms with van der Waals surface area (Å²) in [4.78, 5) is 21.2. The summed E-state index contributed by atoms with van der Waals surface area (Å²) in [7, 11) is 0. The van der Waals surface area contributed by atoms with Crippen molar-refractivity contribution in [2.45, 2.75) is 6.92 Å². The molecule has 3 aromatic rings. The third kappa shape index (κ3) is 3.28. The molecule has 0 spiro atoms. The summed E-state index contributed by atoms with van der Waals surface area (Å²) in [6, 6.07) is 3.13. The van der Waals surface area contributed by atoms with Crippen LogP contribution in [0.1, 0.15) is 17.3 Å². The molecule has 0 saturated carbocycles. The van der Waals surface area contributed by atoms with E-state index in [1.54, 1.807) is 24.4 Å². The molecule has 0 unspecified atom stereocenters. The van der Waals surface area contributed by atoms with Crippen molar-refractivity contribution in [3.05, 3.63) is 44.5 Å². The van der Waals surface area contributed by atoms with Gasteiger partial charge in [-0.1, -0.05) is 34.8 Å². The van der Waals surface area contributed by atoms with E-state index in [1.807, 2.05) is 0 Å². The average Bonchev–Trinajstić information content (AvgIpc) is 2.96. The van der Waals surface area contributed by atoms with Gasteiger partial charge in [-0.25, -0.2) is 14.8 Å². The largest absolute Gasteiger partial charge is 0.462 e. The molecule has 0 bridgehead atoms. The van der Waals surface area contributed by atoms with Crippen molar-refractivity contribution in [3.8, 4) is 0 Å². The van der Waals surface area contributed by atoms with Gasteiger partial charge in [-0.2, -0.15) is 0 Å². The van der Waals surface area contributed by atoms with Crippen molar-refractivity contribution in [1.82, 2.24) is 9.97 Å². The Labute approximate surface area is 156 Å². The number of carbonyl (C=O) groups is 1. The average molecular weight is 403 g/mol. The van der Waals surface area contributed by atoms with E-state index in [9.17, 15) is 4.79 Å². The van der Waals surface area contributed by atoms with Gasteiger partial charge in [-0.05, 0) is 19.1 Å². The number of aromatic nitrogens is 2. The molecule has 24 heavy (non-hydrogen) atoms. The topological polar surface area (TPSA) is 64.1 Å². The highest BCUT2D eigenvalue weighted by atomic mass is 35.5. The minimum absolute atomic E-state index is 0.279. The molecule has 0 radical (unpaired) electrons. The van der Waals surface area contributed by atoms with Crippen molar-refractivity contribution in [3.63, 3.8) is 0 Å². The van der Waals surface area contributed by atoms with Crippen LogP contribution in [0.15, 0.2) is 23.8 Å². The Bertz CT molecular complexity index is 906. The van der Waals surface area contributed by atoms with E-state index in [-0.39, 0.29) is 6.61 Å². The second kappa shape index (κ2) is 7.11. The number of halogens is 3. The summed E-state index contributed by atoms with van der Waals surface area (Å²) in [5, 5.41) is 6.41. The number of rotatable bonds is 4. The molecule has 5 nitrogen and oxygen atoms in total. The van der Waals surface area contributed by atoms with Crippen molar-refractivity contribution in [2.75, 3.05) is 11.9 Å². The Morgan fingerprint density at radius 2 is 1.96 bits per heavy atom. The number of benzene rings is 1. The van der Waals surface area contributed by atoms with Gasteiger partial charge in [0.15, 0.2) is 0 Å². The van der Waals surface area contributed by atoms with Crippen LogP contribution in [0.25, 0.3) is 10.2 Å². The lowest BCUT2D eigenvalue weighted by Gasteiger charge is -2.11. The van der Waals surface area contributed by atoms with Gasteiger partial charge in [0.2, 0.25) is 0 Å². The van der Waals surface area contributed by atoms with Crippen molar-refractivity contribution >= 4 is 73.8 Å². The highest BCUT2D eigenvalue weighted by molar-refractivity contribution is 7.17. The number of hydrogen-bond acceptors (Lipinski definition) is 6. The molecule has 2 aromatic heterocycles. The van der Waals surface area contributed by atoms with Gasteiger partial charge in [0.25, 0.3) is 0 Å². The third-order valence-corrected chi connectivity index (χ3v) is 4.82. The van der Waals surface area contributed by atoms with Gasteiger partial charge in [-0.15, -0.1) is 11.3 Å². The van der Waals surface area contributed by atoms with E-state index in [0.29, 0.717) is 42.4 Å². The standard InChI is InChI=1S/C15H10Cl3N3O2S/c1-2-23-15(22)8-5-24-14-11(8)13(19-6-20-14)21-12-9(17)3-7(16)4-10(12)18/h3-6H,2H2,1H3,(H,19,20,21). The lowest BCUT2D eigenvalue weighted by Crippen LogP contribution is -2.05. The number of nitrogens with one attached hydrogen (secondary N) is 1. The number of fused-ring (bicyclic) bond motifs is 1. The molecular formula is C15H10Cl3N3O2S. The van der Waals surface area contributed by atoms with Crippen LogP contribution in [-0.4, -0.2) is 22.5 Å². The molecule has 0 aliphatic heterocycles. The molecular weight excluding hydrogens is 393 g/mol. The van der Waals surface area contributed by atoms with Gasteiger partial charge in [-0.3, -0.25) is 0 Å².